The summed E-state index contributed by atoms with van der Waals surface area (Å²) in [7, 11) is 0. The van der Waals surface area contributed by atoms with Crippen LogP contribution in [0.15, 0.2) is 18.2 Å². The van der Waals surface area contributed by atoms with E-state index >= 15 is 0 Å². The maximum Gasteiger partial charge on any atom is 0.144 e. The zero-order chi connectivity index (χ0) is 8.97. The number of ether oxygens (including phenoxy) is 1. The predicted molar refractivity (Wildman–Crippen MR) is 58.1 cm³/mol. The summed E-state index contributed by atoms with van der Waals surface area (Å²) in [5.41, 5.74) is 3.40. The molecule has 1 aromatic carbocycles. The first-order valence-corrected chi connectivity index (χ1v) is 4.74. The fourth-order valence-corrected chi connectivity index (χ4v) is 1.35. The van der Waals surface area contributed by atoms with Gasteiger partial charge in [-0.05, 0) is 47.7 Å². The third kappa shape index (κ3) is 2.25. The maximum atomic E-state index is 5.36. The molecule has 0 atom stereocenters. The van der Waals surface area contributed by atoms with Crippen LogP contribution in [0.5, 0.6) is 5.75 Å². The van der Waals surface area contributed by atoms with Crippen molar-refractivity contribution < 1.29 is 4.74 Å². The second-order valence-electron chi connectivity index (χ2n) is 2.22. The van der Waals surface area contributed by atoms with E-state index in [9.17, 15) is 0 Å². The van der Waals surface area contributed by atoms with Gasteiger partial charge in [0.25, 0.3) is 0 Å². The summed E-state index contributed by atoms with van der Waals surface area (Å²) in [6, 6.07) is 5.81. The zero-order valence-electron chi connectivity index (χ0n) is 6.80. The molecule has 1 rings (SSSR count). The summed E-state index contributed by atoms with van der Waals surface area (Å²) in [5, 5.41) is 0. The van der Waals surface area contributed by atoms with Gasteiger partial charge in [-0.3, -0.25) is 5.84 Å². The second kappa shape index (κ2) is 4.51. The average Bonchev–Trinajstić information content (AvgIpc) is 2.05. The zero-order valence-corrected chi connectivity index (χ0v) is 8.96. The largest absolute Gasteiger partial charge is 0.492 e. The van der Waals surface area contributed by atoms with Crippen LogP contribution in [0.2, 0.25) is 0 Å². The maximum absolute atomic E-state index is 5.36. The number of anilines is 1. The van der Waals surface area contributed by atoms with Crippen LogP contribution in [0, 0.1) is 3.57 Å². The Kier molecular flexibility index (Phi) is 3.61. The molecule has 66 valence electrons. The van der Waals surface area contributed by atoms with Crippen molar-refractivity contribution in [1.29, 1.82) is 0 Å². The van der Waals surface area contributed by atoms with Gasteiger partial charge in [-0.15, -0.1) is 0 Å². The number of nitrogens with one attached hydrogen (secondary N) is 1. The fraction of sp³-hybridized carbons (Fsp3) is 0.250. The molecule has 3 nitrogen and oxygen atoms in total. The van der Waals surface area contributed by atoms with Crippen molar-refractivity contribution in [2.24, 2.45) is 5.84 Å². The highest BCUT2D eigenvalue weighted by Gasteiger charge is 2.01. The van der Waals surface area contributed by atoms with Gasteiger partial charge in [-0.1, -0.05) is 0 Å². The lowest BCUT2D eigenvalue weighted by molar-refractivity contribution is 0.341. The normalized spacial score (nSPS) is 9.58. The van der Waals surface area contributed by atoms with Gasteiger partial charge in [0.2, 0.25) is 0 Å². The minimum absolute atomic E-state index is 0.648. The van der Waals surface area contributed by atoms with Gasteiger partial charge in [-0.2, -0.15) is 0 Å². The molecule has 4 heteroatoms. The molecular formula is C8H11IN2O. The molecule has 0 unspecified atom stereocenters. The summed E-state index contributed by atoms with van der Waals surface area (Å²) in [4.78, 5) is 0. The van der Waals surface area contributed by atoms with E-state index < -0.39 is 0 Å². The molecule has 0 aliphatic rings. The van der Waals surface area contributed by atoms with Crippen molar-refractivity contribution in [2.45, 2.75) is 6.92 Å². The minimum atomic E-state index is 0.648. The molecule has 12 heavy (non-hydrogen) atoms. The number of nitrogen functional groups attached to an aromatic ring is 1. The van der Waals surface area contributed by atoms with Crippen LogP contribution < -0.4 is 16.0 Å². The van der Waals surface area contributed by atoms with Crippen LogP contribution >= 0.6 is 22.6 Å². The van der Waals surface area contributed by atoms with Gasteiger partial charge in [0.05, 0.1) is 12.3 Å². The molecular weight excluding hydrogens is 267 g/mol. The van der Waals surface area contributed by atoms with E-state index in [-0.39, 0.29) is 0 Å². The Balaban J connectivity index is 2.95. The Hall–Kier alpha value is -0.490. The Morgan fingerprint density at radius 3 is 2.92 bits per heavy atom. The number of hydrogen-bond donors (Lipinski definition) is 2. The third-order valence-electron chi connectivity index (χ3n) is 1.40. The lowest BCUT2D eigenvalue weighted by atomic mass is 10.3. The smallest absolute Gasteiger partial charge is 0.144 e. The Bertz CT molecular complexity index is 265. The standard InChI is InChI=1S/C8H11IN2O/c1-2-12-8-5-6(9)3-4-7(8)11-10/h3-5,11H,2,10H2,1H3. The molecule has 0 radical (unpaired) electrons. The molecule has 0 bridgehead atoms. The van der Waals surface area contributed by atoms with Crippen molar-refractivity contribution in [3.05, 3.63) is 21.8 Å². The highest BCUT2D eigenvalue weighted by atomic mass is 127. The minimum Gasteiger partial charge on any atom is -0.492 e. The van der Waals surface area contributed by atoms with Crippen LogP contribution in [0.1, 0.15) is 6.92 Å². The summed E-state index contributed by atoms with van der Waals surface area (Å²) < 4.78 is 6.50. The highest BCUT2D eigenvalue weighted by molar-refractivity contribution is 14.1. The topological polar surface area (TPSA) is 47.3 Å². The Morgan fingerprint density at radius 2 is 2.33 bits per heavy atom. The van der Waals surface area contributed by atoms with Gasteiger partial charge in [-0.25, -0.2) is 0 Å². The molecule has 0 aliphatic heterocycles. The van der Waals surface area contributed by atoms with Crippen LogP contribution in [0.4, 0.5) is 5.69 Å². The summed E-state index contributed by atoms with van der Waals surface area (Å²) in [6.45, 7) is 2.59. The summed E-state index contributed by atoms with van der Waals surface area (Å²) in [6.07, 6.45) is 0. The van der Waals surface area contributed by atoms with E-state index in [1.54, 1.807) is 0 Å². The molecule has 0 heterocycles. The lowest BCUT2D eigenvalue weighted by Crippen LogP contribution is -2.08. The van der Waals surface area contributed by atoms with Gasteiger partial charge >= 0.3 is 0 Å². The van der Waals surface area contributed by atoms with Crippen LogP contribution in [0.25, 0.3) is 0 Å². The molecule has 0 fully saturated rings. The number of hydrazine groups is 1. The average molecular weight is 278 g/mol. The van der Waals surface area contributed by atoms with Crippen molar-refractivity contribution in [3.8, 4) is 5.75 Å². The van der Waals surface area contributed by atoms with E-state index in [4.69, 9.17) is 10.6 Å². The second-order valence-corrected chi connectivity index (χ2v) is 3.46. The first kappa shape index (κ1) is 9.60. The molecule has 3 N–H and O–H groups in total. The predicted octanol–water partition coefficient (Wildman–Crippen LogP) is 1.98. The van der Waals surface area contributed by atoms with Crippen LogP contribution in [0.3, 0.4) is 0 Å². The van der Waals surface area contributed by atoms with E-state index in [0.29, 0.717) is 6.61 Å². The monoisotopic (exact) mass is 278 g/mol. The van der Waals surface area contributed by atoms with E-state index in [1.807, 2.05) is 25.1 Å². The molecule has 1 aromatic rings. The number of nitrogens with two attached hydrogens (primary N) is 1. The van der Waals surface area contributed by atoms with E-state index in [1.165, 1.54) is 0 Å². The third-order valence-corrected chi connectivity index (χ3v) is 2.07. The van der Waals surface area contributed by atoms with Crippen LogP contribution in [-0.4, -0.2) is 6.61 Å². The van der Waals surface area contributed by atoms with Gasteiger partial charge in [0.15, 0.2) is 0 Å². The van der Waals surface area contributed by atoms with Gasteiger partial charge in [0, 0.05) is 3.57 Å². The van der Waals surface area contributed by atoms with Gasteiger partial charge in [0.1, 0.15) is 5.75 Å². The van der Waals surface area contributed by atoms with Crippen molar-refractivity contribution in [1.82, 2.24) is 0 Å². The Labute approximate surface area is 85.4 Å². The molecule has 0 spiro atoms. The van der Waals surface area contributed by atoms with E-state index in [0.717, 1.165) is 15.0 Å². The fourth-order valence-electron chi connectivity index (χ4n) is 0.890. The number of halogens is 1. The number of rotatable bonds is 3. The number of hydrogen-bond acceptors (Lipinski definition) is 3. The molecule has 0 aliphatic carbocycles. The quantitative estimate of drug-likeness (QED) is 0.505. The van der Waals surface area contributed by atoms with E-state index in [2.05, 4.69) is 28.0 Å². The first-order valence-electron chi connectivity index (χ1n) is 3.67. The molecule has 0 saturated carbocycles. The van der Waals surface area contributed by atoms with Crippen molar-refractivity contribution in [3.63, 3.8) is 0 Å². The number of benzene rings is 1. The highest BCUT2D eigenvalue weighted by Crippen LogP contribution is 2.25. The molecule has 0 amide bonds. The molecule has 0 saturated heterocycles. The van der Waals surface area contributed by atoms with Crippen LogP contribution in [-0.2, 0) is 0 Å². The van der Waals surface area contributed by atoms with Crippen molar-refractivity contribution in [2.75, 3.05) is 12.0 Å². The van der Waals surface area contributed by atoms with Crippen molar-refractivity contribution >= 4 is 28.3 Å². The Morgan fingerprint density at radius 1 is 1.58 bits per heavy atom. The lowest BCUT2D eigenvalue weighted by Gasteiger charge is -2.09. The first-order chi connectivity index (χ1) is 5.77. The molecule has 0 aromatic heterocycles. The summed E-state index contributed by atoms with van der Waals surface area (Å²) in [5.74, 6) is 6.10. The van der Waals surface area contributed by atoms with Gasteiger partial charge < -0.3 is 10.2 Å². The summed E-state index contributed by atoms with van der Waals surface area (Å²) >= 11 is 2.23. The SMILES string of the molecule is CCOc1cc(I)ccc1NN.